The van der Waals surface area contributed by atoms with E-state index in [0.29, 0.717) is 41.1 Å². The Labute approximate surface area is 236 Å². The van der Waals surface area contributed by atoms with Gasteiger partial charge in [-0.05, 0) is 76.7 Å². The van der Waals surface area contributed by atoms with Gasteiger partial charge in [-0.3, -0.25) is 4.79 Å². The number of nitrogens with zero attached hydrogens (tertiary/aromatic N) is 4. The number of aromatic nitrogens is 4. The third-order valence-corrected chi connectivity index (χ3v) is 6.14. The third kappa shape index (κ3) is 6.88. The Bertz CT molecular complexity index is 1620. The summed E-state index contributed by atoms with van der Waals surface area (Å²) in [5.41, 5.74) is 1.50. The predicted octanol–water partition coefficient (Wildman–Crippen LogP) is 4.40. The highest BCUT2D eigenvalue weighted by Crippen LogP contribution is 2.32. The van der Waals surface area contributed by atoms with E-state index < -0.39 is 0 Å². The molecule has 0 spiro atoms. The summed E-state index contributed by atoms with van der Waals surface area (Å²) in [5.74, 6) is 2.17. The summed E-state index contributed by atoms with van der Waals surface area (Å²) in [6.45, 7) is 0.742. The molecule has 0 aliphatic carbocycles. The van der Waals surface area contributed by atoms with Gasteiger partial charge in [-0.15, -0.1) is 10.2 Å². The zero-order valence-corrected chi connectivity index (χ0v) is 22.5. The maximum Gasteiger partial charge on any atom is 0.243 e. The number of methoxy groups -OCH3 is 1. The summed E-state index contributed by atoms with van der Waals surface area (Å²) >= 11 is 5.29. The predicted molar refractivity (Wildman–Crippen MR) is 158 cm³/mol. The molecule has 5 rings (SSSR count). The van der Waals surface area contributed by atoms with Gasteiger partial charge in [0.1, 0.15) is 23.8 Å². The van der Waals surface area contributed by atoms with E-state index in [-0.39, 0.29) is 12.5 Å². The van der Waals surface area contributed by atoms with Gasteiger partial charge in [0.25, 0.3) is 0 Å². The molecule has 0 radical (unpaired) electrons. The first-order valence-corrected chi connectivity index (χ1v) is 13.0. The highest BCUT2D eigenvalue weighted by atomic mass is 32.1. The lowest BCUT2D eigenvalue weighted by molar-refractivity contribution is -0.122. The molecule has 0 unspecified atom stereocenters. The van der Waals surface area contributed by atoms with Crippen LogP contribution in [0.5, 0.6) is 17.2 Å². The van der Waals surface area contributed by atoms with Gasteiger partial charge in [0, 0.05) is 18.8 Å². The second-order valence-corrected chi connectivity index (χ2v) is 9.12. The fraction of sp³-hybridized carbons (Fsp3) is 0.138. The molecule has 0 bridgehead atoms. The molecule has 40 heavy (non-hydrogen) atoms. The highest BCUT2D eigenvalue weighted by molar-refractivity contribution is 7.80. The summed E-state index contributed by atoms with van der Waals surface area (Å²) in [6.07, 6.45) is 0. The Morgan fingerprint density at radius 3 is 2.42 bits per heavy atom. The number of amides is 1. The van der Waals surface area contributed by atoms with Gasteiger partial charge in [0.15, 0.2) is 5.11 Å². The number of ether oxygens (including phenoxy) is 2. The minimum Gasteiger partial charge on any atom is -0.497 e. The molecule has 3 N–H and O–H groups in total. The van der Waals surface area contributed by atoms with Gasteiger partial charge in [0.2, 0.25) is 11.7 Å². The van der Waals surface area contributed by atoms with Gasteiger partial charge < -0.3 is 25.4 Å². The van der Waals surface area contributed by atoms with E-state index in [1.165, 1.54) is 4.80 Å². The van der Waals surface area contributed by atoms with E-state index in [9.17, 15) is 4.79 Å². The summed E-state index contributed by atoms with van der Waals surface area (Å²) < 4.78 is 11.3. The first kappa shape index (κ1) is 26.6. The zero-order valence-electron chi connectivity index (χ0n) is 21.7. The minimum atomic E-state index is -0.250. The number of fused-ring (bicyclic) bond motifs is 1. The van der Waals surface area contributed by atoms with Crippen LogP contribution in [0.1, 0.15) is 0 Å². The van der Waals surface area contributed by atoms with E-state index in [1.807, 2.05) is 84.9 Å². The van der Waals surface area contributed by atoms with E-state index >= 15 is 0 Å². The van der Waals surface area contributed by atoms with Crippen molar-refractivity contribution in [3.63, 3.8) is 0 Å². The summed E-state index contributed by atoms with van der Waals surface area (Å²) in [6, 6.07) is 28.9. The number of benzene rings is 4. The van der Waals surface area contributed by atoms with Gasteiger partial charge in [-0.1, -0.05) is 42.5 Å². The van der Waals surface area contributed by atoms with Gasteiger partial charge in [-0.2, -0.15) is 4.80 Å². The van der Waals surface area contributed by atoms with Crippen LogP contribution in [0.2, 0.25) is 0 Å². The molecule has 1 aromatic heterocycles. The second-order valence-electron chi connectivity index (χ2n) is 8.71. The van der Waals surface area contributed by atoms with Crippen LogP contribution in [-0.4, -0.2) is 51.4 Å². The number of carbonyl (C=O) groups excluding carboxylic acids is 1. The highest BCUT2D eigenvalue weighted by Gasteiger charge is 2.14. The number of para-hydroxylation sites is 1. The number of carbonyl (C=O) groups is 1. The number of rotatable bonds is 10. The molecule has 10 nitrogen and oxygen atoms in total. The van der Waals surface area contributed by atoms with E-state index in [0.717, 1.165) is 22.2 Å². The Morgan fingerprint density at radius 1 is 0.875 bits per heavy atom. The number of hydrogen-bond donors (Lipinski definition) is 3. The Hall–Kier alpha value is -5.03. The van der Waals surface area contributed by atoms with Crippen molar-refractivity contribution in [2.45, 2.75) is 6.54 Å². The monoisotopic (exact) mass is 553 g/mol. The lowest BCUT2D eigenvalue weighted by Gasteiger charge is -2.11. The van der Waals surface area contributed by atoms with Crippen LogP contribution in [0.15, 0.2) is 91.0 Å². The third-order valence-electron chi connectivity index (χ3n) is 5.90. The smallest absolute Gasteiger partial charge is 0.243 e. The summed E-state index contributed by atoms with van der Waals surface area (Å²) in [4.78, 5) is 13.7. The molecule has 0 fully saturated rings. The normalized spacial score (nSPS) is 10.6. The average Bonchev–Trinajstić information content (AvgIpc) is 3.44. The molecule has 5 aromatic rings. The van der Waals surface area contributed by atoms with E-state index in [4.69, 9.17) is 21.7 Å². The molecule has 202 valence electrons. The second kappa shape index (κ2) is 12.7. The number of tetrazole rings is 1. The molecule has 11 heteroatoms. The lowest BCUT2D eigenvalue weighted by atomic mass is 10.1. The van der Waals surface area contributed by atoms with Crippen molar-refractivity contribution in [3.8, 4) is 28.6 Å². The van der Waals surface area contributed by atoms with Crippen molar-refractivity contribution in [2.24, 2.45) is 0 Å². The average molecular weight is 554 g/mol. The van der Waals surface area contributed by atoms with E-state index in [1.54, 1.807) is 7.11 Å². The summed E-state index contributed by atoms with van der Waals surface area (Å²) in [5, 5.41) is 24.2. The number of nitrogens with one attached hydrogen (secondary N) is 3. The van der Waals surface area contributed by atoms with Crippen molar-refractivity contribution in [3.05, 3.63) is 91.0 Å². The van der Waals surface area contributed by atoms with E-state index in [2.05, 4.69) is 37.4 Å². The van der Waals surface area contributed by atoms with Gasteiger partial charge in [0.05, 0.1) is 12.7 Å². The minimum absolute atomic E-state index is 0.0742. The maximum absolute atomic E-state index is 12.4. The molecule has 0 atom stereocenters. The molecule has 0 saturated carbocycles. The van der Waals surface area contributed by atoms with Crippen LogP contribution in [0.3, 0.4) is 0 Å². The Balaban J connectivity index is 1.11. The van der Waals surface area contributed by atoms with Crippen LogP contribution >= 0.6 is 12.2 Å². The van der Waals surface area contributed by atoms with Crippen molar-refractivity contribution < 1.29 is 14.3 Å². The molecular weight excluding hydrogens is 526 g/mol. The molecule has 0 aliphatic rings. The van der Waals surface area contributed by atoms with Crippen molar-refractivity contribution >= 4 is 39.7 Å². The maximum atomic E-state index is 12.4. The number of anilines is 1. The molecule has 4 aromatic carbocycles. The quantitative estimate of drug-likeness (QED) is 0.171. The lowest BCUT2D eigenvalue weighted by Crippen LogP contribution is -2.38. The largest absolute Gasteiger partial charge is 0.497 e. The SMILES string of the molecule is COc1ccc(NC(=S)NCCNC(=O)Cn2nnc(-c3ccccc3Oc3ccc4ccccc4c3)n2)cc1. The van der Waals surface area contributed by atoms with Crippen LogP contribution in [-0.2, 0) is 11.3 Å². The van der Waals surface area contributed by atoms with Crippen LogP contribution in [0.4, 0.5) is 5.69 Å². The topological polar surface area (TPSA) is 115 Å². The summed E-state index contributed by atoms with van der Waals surface area (Å²) in [7, 11) is 1.61. The number of hydrogen-bond acceptors (Lipinski definition) is 7. The first-order valence-electron chi connectivity index (χ1n) is 12.6. The van der Waals surface area contributed by atoms with Crippen LogP contribution in [0, 0.1) is 0 Å². The zero-order chi connectivity index (χ0) is 27.7. The van der Waals surface area contributed by atoms with Crippen molar-refractivity contribution in [1.29, 1.82) is 0 Å². The first-order chi connectivity index (χ1) is 19.6. The number of thiocarbonyl (C=S) groups is 1. The molecular formula is C29H27N7O3S. The molecule has 1 heterocycles. The fourth-order valence-corrected chi connectivity index (χ4v) is 4.15. The van der Waals surface area contributed by atoms with Crippen LogP contribution in [0.25, 0.3) is 22.2 Å². The molecule has 0 saturated heterocycles. The Morgan fingerprint density at radius 2 is 1.60 bits per heavy atom. The van der Waals surface area contributed by atoms with Gasteiger partial charge >= 0.3 is 0 Å². The van der Waals surface area contributed by atoms with Gasteiger partial charge in [-0.25, -0.2) is 0 Å². The fourth-order valence-electron chi connectivity index (χ4n) is 3.93. The Kier molecular flexibility index (Phi) is 8.42. The van der Waals surface area contributed by atoms with Crippen molar-refractivity contribution in [2.75, 3.05) is 25.5 Å². The van der Waals surface area contributed by atoms with Crippen molar-refractivity contribution in [1.82, 2.24) is 30.8 Å². The molecule has 0 aliphatic heterocycles. The van der Waals surface area contributed by atoms with Crippen LogP contribution < -0.4 is 25.4 Å². The standard InChI is InChI=1S/C29H27N7O3S/c1-38-23-14-11-22(12-15-23)32-29(40)31-17-16-30-27(37)19-36-34-28(33-35-36)25-8-4-5-9-26(25)39-24-13-10-20-6-2-3-7-21(20)18-24/h2-15,18H,16-17,19H2,1H3,(H,30,37)(H2,31,32,40). The molecule has 1 amide bonds.